The molecular formula is C13H12N4OS. The van der Waals surface area contributed by atoms with Crippen LogP contribution in [0.2, 0.25) is 0 Å². The second kappa shape index (κ2) is 4.89. The molecule has 2 aromatic heterocycles. The fraction of sp³-hybridized carbons (Fsp3) is 0.154. The molecule has 3 aromatic rings. The SMILES string of the molecule is COc1ccc(-c2nc(SC)n[nH]2)c2cccnc12. The lowest BCUT2D eigenvalue weighted by atomic mass is 10.1. The number of thioether (sulfide) groups is 1. The minimum absolute atomic E-state index is 0.725. The number of nitrogens with one attached hydrogen (secondary N) is 1. The van der Waals surface area contributed by atoms with Gasteiger partial charge in [-0.05, 0) is 24.5 Å². The zero-order valence-corrected chi connectivity index (χ0v) is 11.4. The van der Waals surface area contributed by atoms with Crippen molar-refractivity contribution in [3.63, 3.8) is 0 Å². The van der Waals surface area contributed by atoms with Gasteiger partial charge in [-0.1, -0.05) is 17.8 Å². The van der Waals surface area contributed by atoms with E-state index in [1.54, 1.807) is 13.3 Å². The molecule has 0 atom stereocenters. The second-order valence-electron chi connectivity index (χ2n) is 3.89. The first-order valence-corrected chi connectivity index (χ1v) is 6.94. The van der Waals surface area contributed by atoms with Crippen molar-refractivity contribution >= 4 is 22.7 Å². The number of pyridine rings is 1. The molecule has 0 aliphatic carbocycles. The van der Waals surface area contributed by atoms with Crippen molar-refractivity contribution in [1.29, 1.82) is 0 Å². The van der Waals surface area contributed by atoms with E-state index < -0.39 is 0 Å². The Morgan fingerprint density at radius 2 is 2.16 bits per heavy atom. The average molecular weight is 272 g/mol. The minimum atomic E-state index is 0.725. The van der Waals surface area contributed by atoms with Crippen molar-refractivity contribution in [3.8, 4) is 17.1 Å². The third kappa shape index (κ3) is 2.04. The van der Waals surface area contributed by atoms with Crippen molar-refractivity contribution in [3.05, 3.63) is 30.5 Å². The van der Waals surface area contributed by atoms with Gasteiger partial charge >= 0.3 is 0 Å². The molecule has 0 unspecified atom stereocenters. The summed E-state index contributed by atoms with van der Waals surface area (Å²) in [6, 6.07) is 7.76. The molecule has 96 valence electrons. The number of benzene rings is 1. The molecule has 0 aliphatic heterocycles. The smallest absolute Gasteiger partial charge is 0.208 e. The van der Waals surface area contributed by atoms with Gasteiger partial charge in [0.2, 0.25) is 5.16 Å². The van der Waals surface area contributed by atoms with Crippen LogP contribution in [0.25, 0.3) is 22.3 Å². The van der Waals surface area contributed by atoms with E-state index in [1.165, 1.54) is 11.8 Å². The van der Waals surface area contributed by atoms with Crippen LogP contribution >= 0.6 is 11.8 Å². The first-order valence-electron chi connectivity index (χ1n) is 5.72. The number of hydrogen-bond donors (Lipinski definition) is 1. The number of H-pyrrole nitrogens is 1. The standard InChI is InChI=1S/C13H12N4OS/c1-18-10-6-5-9(8-4-3-7-14-11(8)10)12-15-13(19-2)17-16-12/h3-7H,1-2H3,(H,15,16,17). The van der Waals surface area contributed by atoms with E-state index in [0.29, 0.717) is 0 Å². The van der Waals surface area contributed by atoms with Crippen LogP contribution < -0.4 is 4.74 Å². The predicted molar refractivity (Wildman–Crippen MR) is 75.5 cm³/mol. The van der Waals surface area contributed by atoms with Gasteiger partial charge in [0, 0.05) is 17.1 Å². The third-order valence-corrected chi connectivity index (χ3v) is 3.40. The normalized spacial score (nSPS) is 10.8. The number of aromatic nitrogens is 4. The van der Waals surface area contributed by atoms with Crippen LogP contribution in [-0.2, 0) is 0 Å². The van der Waals surface area contributed by atoms with Gasteiger partial charge in [0.25, 0.3) is 0 Å². The molecule has 0 bridgehead atoms. The molecule has 19 heavy (non-hydrogen) atoms. The summed E-state index contributed by atoms with van der Waals surface area (Å²) in [5.74, 6) is 1.49. The highest BCUT2D eigenvalue weighted by Crippen LogP contribution is 2.31. The van der Waals surface area contributed by atoms with Crippen LogP contribution in [0.3, 0.4) is 0 Å². The van der Waals surface area contributed by atoms with Crippen molar-refractivity contribution in [2.75, 3.05) is 13.4 Å². The van der Waals surface area contributed by atoms with Gasteiger partial charge in [-0.25, -0.2) is 4.98 Å². The molecule has 0 fully saturated rings. The Morgan fingerprint density at radius 3 is 2.89 bits per heavy atom. The molecule has 6 heteroatoms. The van der Waals surface area contributed by atoms with Crippen molar-refractivity contribution < 1.29 is 4.74 Å². The van der Waals surface area contributed by atoms with Crippen LogP contribution in [0.4, 0.5) is 0 Å². The summed E-state index contributed by atoms with van der Waals surface area (Å²) in [6.07, 6.45) is 3.70. The Labute approximate surface area is 114 Å². The molecule has 2 heterocycles. The number of nitrogens with zero attached hydrogens (tertiary/aromatic N) is 3. The summed E-state index contributed by atoms with van der Waals surface area (Å²) in [5, 5.41) is 8.80. The average Bonchev–Trinajstić information content (AvgIpc) is 2.95. The van der Waals surface area contributed by atoms with E-state index in [-0.39, 0.29) is 0 Å². The van der Waals surface area contributed by atoms with Crippen LogP contribution in [0.1, 0.15) is 0 Å². The van der Waals surface area contributed by atoms with E-state index in [4.69, 9.17) is 4.74 Å². The van der Waals surface area contributed by atoms with Gasteiger partial charge in [-0.3, -0.25) is 10.1 Å². The Kier molecular flexibility index (Phi) is 3.08. The van der Waals surface area contributed by atoms with Crippen molar-refractivity contribution in [1.82, 2.24) is 20.2 Å². The van der Waals surface area contributed by atoms with Crippen LogP contribution in [0.5, 0.6) is 5.75 Å². The lowest BCUT2D eigenvalue weighted by molar-refractivity contribution is 0.419. The maximum absolute atomic E-state index is 5.33. The van der Waals surface area contributed by atoms with Gasteiger partial charge in [0.1, 0.15) is 11.3 Å². The van der Waals surface area contributed by atoms with Gasteiger partial charge in [0.05, 0.1) is 7.11 Å². The molecule has 0 amide bonds. The molecular weight excluding hydrogens is 260 g/mol. The molecule has 1 N–H and O–H groups in total. The minimum Gasteiger partial charge on any atom is -0.494 e. The Bertz CT molecular complexity index is 725. The number of methoxy groups -OCH3 is 1. The number of rotatable bonds is 3. The predicted octanol–water partition coefficient (Wildman–Crippen LogP) is 2.75. The maximum atomic E-state index is 5.33. The Balaban J connectivity index is 2.24. The van der Waals surface area contributed by atoms with E-state index in [2.05, 4.69) is 20.2 Å². The Morgan fingerprint density at radius 1 is 1.26 bits per heavy atom. The fourth-order valence-electron chi connectivity index (χ4n) is 1.98. The fourth-order valence-corrected chi connectivity index (χ4v) is 2.30. The van der Waals surface area contributed by atoms with E-state index in [9.17, 15) is 0 Å². The maximum Gasteiger partial charge on any atom is 0.208 e. The summed E-state index contributed by atoms with van der Waals surface area (Å²) < 4.78 is 5.33. The third-order valence-electron chi connectivity index (χ3n) is 2.86. The van der Waals surface area contributed by atoms with Gasteiger partial charge in [0.15, 0.2) is 5.82 Å². The highest BCUT2D eigenvalue weighted by atomic mass is 32.2. The molecule has 1 aromatic carbocycles. The molecule has 0 radical (unpaired) electrons. The van der Waals surface area contributed by atoms with Gasteiger partial charge < -0.3 is 4.74 Å². The molecule has 0 saturated heterocycles. The number of ether oxygens (including phenoxy) is 1. The van der Waals surface area contributed by atoms with Gasteiger partial charge in [-0.2, -0.15) is 0 Å². The van der Waals surface area contributed by atoms with Crippen LogP contribution in [-0.4, -0.2) is 33.5 Å². The largest absolute Gasteiger partial charge is 0.494 e. The summed E-state index contributed by atoms with van der Waals surface area (Å²) >= 11 is 1.50. The first kappa shape index (κ1) is 12.0. The summed E-state index contributed by atoms with van der Waals surface area (Å²) in [6.45, 7) is 0. The van der Waals surface area contributed by atoms with Gasteiger partial charge in [-0.15, -0.1) is 5.10 Å². The lowest BCUT2D eigenvalue weighted by Gasteiger charge is -2.07. The Hall–Kier alpha value is -2.08. The van der Waals surface area contributed by atoms with Crippen LogP contribution in [0.15, 0.2) is 35.6 Å². The van der Waals surface area contributed by atoms with E-state index in [1.807, 2.05) is 30.5 Å². The summed E-state index contributed by atoms with van der Waals surface area (Å²) in [5.41, 5.74) is 1.79. The molecule has 0 saturated carbocycles. The number of aromatic amines is 1. The quantitative estimate of drug-likeness (QED) is 0.743. The lowest BCUT2D eigenvalue weighted by Crippen LogP contribution is -1.90. The zero-order valence-electron chi connectivity index (χ0n) is 10.5. The monoisotopic (exact) mass is 272 g/mol. The number of hydrogen-bond acceptors (Lipinski definition) is 5. The van der Waals surface area contributed by atoms with E-state index >= 15 is 0 Å². The number of fused-ring (bicyclic) bond motifs is 1. The van der Waals surface area contributed by atoms with Crippen molar-refractivity contribution in [2.45, 2.75) is 5.16 Å². The van der Waals surface area contributed by atoms with Crippen LogP contribution in [0, 0.1) is 0 Å². The first-order chi connectivity index (χ1) is 9.33. The van der Waals surface area contributed by atoms with E-state index in [0.717, 1.165) is 33.2 Å². The highest BCUT2D eigenvalue weighted by Gasteiger charge is 2.12. The highest BCUT2D eigenvalue weighted by molar-refractivity contribution is 7.98. The molecule has 0 aliphatic rings. The molecule has 5 nitrogen and oxygen atoms in total. The molecule has 3 rings (SSSR count). The summed E-state index contributed by atoms with van der Waals surface area (Å²) in [7, 11) is 1.64. The summed E-state index contributed by atoms with van der Waals surface area (Å²) in [4.78, 5) is 8.81. The molecule has 0 spiro atoms. The topological polar surface area (TPSA) is 63.7 Å². The second-order valence-corrected chi connectivity index (χ2v) is 4.66. The zero-order chi connectivity index (χ0) is 13.2. The van der Waals surface area contributed by atoms with Crippen molar-refractivity contribution in [2.24, 2.45) is 0 Å².